The Bertz CT molecular complexity index is 711. The van der Waals surface area contributed by atoms with Gasteiger partial charge in [0.2, 0.25) is 0 Å². The molecular formula is C20H21NO2Se. The van der Waals surface area contributed by atoms with Crippen LogP contribution in [-0.4, -0.2) is 38.7 Å². The summed E-state index contributed by atoms with van der Waals surface area (Å²) in [5, 5.41) is 0. The number of imide groups is 1. The topological polar surface area (TPSA) is 37.4 Å². The van der Waals surface area contributed by atoms with Crippen molar-refractivity contribution in [1.82, 2.24) is 4.90 Å². The normalized spacial score (nSPS) is 11.2. The van der Waals surface area contributed by atoms with E-state index in [1.54, 1.807) is 30.3 Å². The number of allylic oxidation sites excluding steroid dienone is 1. The molecule has 2 amide bonds. The van der Waals surface area contributed by atoms with Crippen LogP contribution in [0.25, 0.3) is 0 Å². The molecule has 0 fully saturated rings. The molecule has 0 aliphatic heterocycles. The molecule has 2 aromatic carbocycles. The van der Waals surface area contributed by atoms with E-state index >= 15 is 0 Å². The molecule has 0 saturated heterocycles. The molecular weight excluding hydrogens is 365 g/mol. The van der Waals surface area contributed by atoms with Gasteiger partial charge in [-0.25, -0.2) is 0 Å². The van der Waals surface area contributed by atoms with Gasteiger partial charge >= 0.3 is 149 Å². The van der Waals surface area contributed by atoms with E-state index in [0.29, 0.717) is 5.56 Å². The molecule has 0 radical (unpaired) electrons. The number of nitrogens with zero attached hydrogens (tertiary/aromatic N) is 1. The minimum absolute atomic E-state index is 0.101. The molecule has 0 bridgehead atoms. The molecule has 0 saturated carbocycles. The van der Waals surface area contributed by atoms with Gasteiger partial charge in [-0.2, -0.15) is 0 Å². The van der Waals surface area contributed by atoms with Gasteiger partial charge in [-0.15, -0.1) is 0 Å². The fraction of sp³-hybridized carbons (Fsp3) is 0.200. The van der Waals surface area contributed by atoms with Crippen LogP contribution >= 0.6 is 0 Å². The summed E-state index contributed by atoms with van der Waals surface area (Å²) in [4.78, 5) is 26.0. The van der Waals surface area contributed by atoms with Gasteiger partial charge in [0.1, 0.15) is 0 Å². The first-order chi connectivity index (χ1) is 11.6. The maximum absolute atomic E-state index is 12.5. The summed E-state index contributed by atoms with van der Waals surface area (Å²) in [6.45, 7) is 2.10. The standard InChI is InChI=1S/C20H21NO2Se/c1-3-10-18(24-17-13-8-5-9-14-17)15-19(22)21(2)20(23)16-11-6-4-7-12-16/h4-9,11-15H,3,10H2,1-2H3/b18-15-. The third-order valence-corrected chi connectivity index (χ3v) is 5.72. The van der Waals surface area contributed by atoms with E-state index in [0.717, 1.165) is 17.3 Å². The molecule has 24 heavy (non-hydrogen) atoms. The Hall–Kier alpha value is -2.16. The Labute approximate surface area is 149 Å². The van der Waals surface area contributed by atoms with Crippen LogP contribution in [-0.2, 0) is 4.79 Å². The number of likely N-dealkylation sites (N-methyl/N-ethyl adjacent to an activating group) is 1. The van der Waals surface area contributed by atoms with Crippen molar-refractivity contribution < 1.29 is 9.59 Å². The quantitative estimate of drug-likeness (QED) is 0.566. The van der Waals surface area contributed by atoms with E-state index in [1.807, 2.05) is 24.3 Å². The number of carbonyl (C=O) groups excluding carboxylic acids is 2. The average Bonchev–Trinajstić information content (AvgIpc) is 2.62. The second-order valence-corrected chi connectivity index (χ2v) is 7.86. The van der Waals surface area contributed by atoms with Crippen molar-refractivity contribution >= 4 is 31.2 Å². The summed E-state index contributed by atoms with van der Waals surface area (Å²) in [6.07, 6.45) is 3.48. The van der Waals surface area contributed by atoms with Crippen molar-refractivity contribution in [2.45, 2.75) is 19.8 Å². The third-order valence-electron chi connectivity index (χ3n) is 3.43. The zero-order valence-corrected chi connectivity index (χ0v) is 15.7. The molecule has 124 valence electrons. The molecule has 0 atom stereocenters. The molecule has 0 unspecified atom stereocenters. The number of hydrogen-bond acceptors (Lipinski definition) is 2. The molecule has 3 nitrogen and oxygen atoms in total. The fourth-order valence-electron chi connectivity index (χ4n) is 2.15. The van der Waals surface area contributed by atoms with Crippen LogP contribution in [0.1, 0.15) is 30.1 Å². The first-order valence-electron chi connectivity index (χ1n) is 7.92. The van der Waals surface area contributed by atoms with Gasteiger partial charge in [0.15, 0.2) is 0 Å². The third kappa shape index (κ3) is 5.19. The molecule has 0 heterocycles. The van der Waals surface area contributed by atoms with Gasteiger partial charge in [0.05, 0.1) is 0 Å². The molecule has 0 aliphatic carbocycles. The second-order valence-electron chi connectivity index (χ2n) is 5.34. The van der Waals surface area contributed by atoms with Gasteiger partial charge in [0.25, 0.3) is 0 Å². The van der Waals surface area contributed by atoms with Crippen LogP contribution in [0.15, 0.2) is 71.2 Å². The van der Waals surface area contributed by atoms with E-state index in [9.17, 15) is 9.59 Å². The van der Waals surface area contributed by atoms with Crippen molar-refractivity contribution in [3.63, 3.8) is 0 Å². The van der Waals surface area contributed by atoms with Crippen molar-refractivity contribution in [1.29, 1.82) is 0 Å². The molecule has 0 N–H and O–H groups in total. The summed E-state index contributed by atoms with van der Waals surface area (Å²) in [5.41, 5.74) is 0.521. The summed E-state index contributed by atoms with van der Waals surface area (Å²) < 4.78 is 2.34. The van der Waals surface area contributed by atoms with Crippen LogP contribution < -0.4 is 4.46 Å². The van der Waals surface area contributed by atoms with Gasteiger partial charge < -0.3 is 0 Å². The van der Waals surface area contributed by atoms with Crippen LogP contribution in [0.5, 0.6) is 0 Å². The SMILES string of the molecule is CCC/C(=C/C(=O)N(C)C(=O)c1ccccc1)[Se]c1ccccc1. The summed E-state index contributed by atoms with van der Waals surface area (Å²) in [7, 11) is 1.53. The molecule has 4 heteroatoms. The Morgan fingerprint density at radius 3 is 2.17 bits per heavy atom. The molecule has 2 rings (SSSR count). The van der Waals surface area contributed by atoms with Crippen molar-refractivity contribution in [2.24, 2.45) is 0 Å². The fourth-order valence-corrected chi connectivity index (χ4v) is 4.38. The Morgan fingerprint density at radius 2 is 1.58 bits per heavy atom. The zero-order chi connectivity index (χ0) is 17.4. The number of benzene rings is 2. The van der Waals surface area contributed by atoms with E-state index < -0.39 is 0 Å². The zero-order valence-electron chi connectivity index (χ0n) is 13.9. The van der Waals surface area contributed by atoms with E-state index in [-0.39, 0.29) is 26.8 Å². The van der Waals surface area contributed by atoms with Gasteiger partial charge in [-0.3, -0.25) is 0 Å². The van der Waals surface area contributed by atoms with E-state index in [2.05, 4.69) is 19.1 Å². The number of carbonyl (C=O) groups is 2. The van der Waals surface area contributed by atoms with Crippen LogP contribution in [0.2, 0.25) is 0 Å². The Morgan fingerprint density at radius 1 is 1.00 bits per heavy atom. The Balaban J connectivity index is 2.12. The summed E-state index contributed by atoms with van der Waals surface area (Å²) in [5.74, 6) is -0.537. The maximum atomic E-state index is 12.5. The van der Waals surface area contributed by atoms with Crippen molar-refractivity contribution in [2.75, 3.05) is 7.05 Å². The molecule has 2 aromatic rings. The number of hydrogen-bond donors (Lipinski definition) is 0. The predicted octanol–water partition coefficient (Wildman–Crippen LogP) is 3.00. The van der Waals surface area contributed by atoms with Crippen LogP contribution in [0.3, 0.4) is 0 Å². The number of rotatable bonds is 6. The minimum atomic E-state index is -0.278. The second kappa shape index (κ2) is 9.21. The van der Waals surface area contributed by atoms with E-state index in [1.165, 1.54) is 16.4 Å². The van der Waals surface area contributed by atoms with Crippen LogP contribution in [0.4, 0.5) is 0 Å². The first kappa shape index (κ1) is 18.2. The van der Waals surface area contributed by atoms with Gasteiger partial charge in [-0.05, 0) is 0 Å². The summed E-state index contributed by atoms with van der Waals surface area (Å²) >= 11 is 0.101. The molecule has 0 aliphatic rings. The van der Waals surface area contributed by atoms with Crippen LogP contribution in [0, 0.1) is 0 Å². The predicted molar refractivity (Wildman–Crippen MR) is 98.4 cm³/mol. The monoisotopic (exact) mass is 387 g/mol. The molecule has 0 aromatic heterocycles. The Kier molecular flexibility index (Phi) is 6.98. The van der Waals surface area contributed by atoms with Gasteiger partial charge in [-0.1, -0.05) is 0 Å². The first-order valence-corrected chi connectivity index (χ1v) is 9.63. The van der Waals surface area contributed by atoms with Crippen molar-refractivity contribution in [3.8, 4) is 0 Å². The van der Waals surface area contributed by atoms with E-state index in [4.69, 9.17) is 0 Å². The molecule has 0 spiro atoms. The average molecular weight is 386 g/mol. The van der Waals surface area contributed by atoms with Gasteiger partial charge in [0, 0.05) is 0 Å². The number of amides is 2. The van der Waals surface area contributed by atoms with Crippen molar-refractivity contribution in [3.05, 3.63) is 76.8 Å². The summed E-state index contributed by atoms with van der Waals surface area (Å²) in [6, 6.07) is 19.0.